The number of hydrogen-bond acceptors (Lipinski definition) is 5. The summed E-state index contributed by atoms with van der Waals surface area (Å²) in [7, 11) is 0. The lowest BCUT2D eigenvalue weighted by molar-refractivity contribution is 0.392. The van der Waals surface area contributed by atoms with E-state index < -0.39 is 0 Å². The van der Waals surface area contributed by atoms with Gasteiger partial charge in [-0.15, -0.1) is 0 Å². The van der Waals surface area contributed by atoms with Crippen LogP contribution < -0.4 is 10.6 Å². The lowest BCUT2D eigenvalue weighted by Gasteiger charge is -2.23. The van der Waals surface area contributed by atoms with Crippen molar-refractivity contribution in [1.82, 2.24) is 19.7 Å². The molecule has 26 heavy (non-hydrogen) atoms. The summed E-state index contributed by atoms with van der Waals surface area (Å²) in [5, 5.41) is 16.9. The topological polar surface area (TPSA) is 78.0 Å². The average Bonchev–Trinajstić information content (AvgIpc) is 3.13. The number of rotatable bonds is 4. The lowest BCUT2D eigenvalue weighted by atomic mass is 10.00. The SMILES string of the molecule is N#Cc1cnc(NCC2CCCNC2)n2cc(-c3ccc(Cl)cc3)nc12. The number of anilines is 1. The second-order valence-corrected chi connectivity index (χ2v) is 6.96. The molecule has 0 bridgehead atoms. The van der Waals surface area contributed by atoms with Crippen LogP contribution in [-0.4, -0.2) is 34.0 Å². The highest BCUT2D eigenvalue weighted by atomic mass is 35.5. The van der Waals surface area contributed by atoms with Gasteiger partial charge in [0.15, 0.2) is 5.65 Å². The van der Waals surface area contributed by atoms with Gasteiger partial charge in [-0.3, -0.25) is 4.40 Å². The molecule has 0 radical (unpaired) electrons. The molecule has 0 spiro atoms. The maximum absolute atomic E-state index is 9.39. The number of imidazole rings is 1. The first kappa shape index (κ1) is 16.8. The third kappa shape index (κ3) is 3.36. The highest BCUT2D eigenvalue weighted by Gasteiger charge is 2.16. The fourth-order valence-electron chi connectivity index (χ4n) is 3.28. The Kier molecular flexibility index (Phi) is 4.74. The van der Waals surface area contributed by atoms with Gasteiger partial charge in [0.05, 0.1) is 11.9 Å². The molecular weight excluding hydrogens is 348 g/mol. The van der Waals surface area contributed by atoms with Gasteiger partial charge in [0.1, 0.15) is 11.6 Å². The Morgan fingerprint density at radius 2 is 2.19 bits per heavy atom. The first-order valence-corrected chi connectivity index (χ1v) is 9.11. The van der Waals surface area contributed by atoms with Crippen molar-refractivity contribution < 1.29 is 0 Å². The van der Waals surface area contributed by atoms with E-state index in [4.69, 9.17) is 11.6 Å². The molecule has 1 aliphatic heterocycles. The van der Waals surface area contributed by atoms with Crippen molar-refractivity contribution in [3.8, 4) is 17.3 Å². The van der Waals surface area contributed by atoms with E-state index in [1.807, 2.05) is 34.9 Å². The van der Waals surface area contributed by atoms with Gasteiger partial charge in [-0.1, -0.05) is 23.7 Å². The summed E-state index contributed by atoms with van der Waals surface area (Å²) < 4.78 is 1.86. The molecule has 0 saturated carbocycles. The van der Waals surface area contributed by atoms with Crippen LogP contribution in [0.1, 0.15) is 18.4 Å². The molecule has 1 unspecified atom stereocenters. The smallest absolute Gasteiger partial charge is 0.208 e. The number of nitriles is 1. The lowest BCUT2D eigenvalue weighted by Crippen LogP contribution is -2.33. The fraction of sp³-hybridized carbons (Fsp3) is 0.316. The maximum Gasteiger partial charge on any atom is 0.208 e. The molecule has 1 fully saturated rings. The molecule has 2 N–H and O–H groups in total. The number of aromatic nitrogens is 3. The zero-order valence-corrected chi connectivity index (χ0v) is 15.0. The summed E-state index contributed by atoms with van der Waals surface area (Å²) >= 11 is 5.97. The summed E-state index contributed by atoms with van der Waals surface area (Å²) in [5.74, 6) is 1.28. The van der Waals surface area contributed by atoms with Gasteiger partial charge < -0.3 is 10.6 Å². The Morgan fingerprint density at radius 1 is 1.35 bits per heavy atom. The zero-order valence-electron chi connectivity index (χ0n) is 14.2. The first-order chi connectivity index (χ1) is 12.7. The second kappa shape index (κ2) is 7.32. The Labute approximate surface area is 156 Å². The second-order valence-electron chi connectivity index (χ2n) is 6.53. The van der Waals surface area contributed by atoms with Crippen LogP contribution in [0.25, 0.3) is 16.9 Å². The van der Waals surface area contributed by atoms with Crippen LogP contribution in [0.15, 0.2) is 36.7 Å². The van der Waals surface area contributed by atoms with Crippen LogP contribution in [0.2, 0.25) is 5.02 Å². The number of piperidine rings is 1. The zero-order chi connectivity index (χ0) is 17.9. The predicted molar refractivity (Wildman–Crippen MR) is 102 cm³/mol. The van der Waals surface area contributed by atoms with E-state index in [1.165, 1.54) is 12.8 Å². The molecule has 1 aromatic carbocycles. The van der Waals surface area contributed by atoms with E-state index in [0.717, 1.165) is 30.9 Å². The maximum atomic E-state index is 9.39. The monoisotopic (exact) mass is 366 g/mol. The van der Waals surface area contributed by atoms with Gasteiger partial charge in [0, 0.05) is 23.3 Å². The van der Waals surface area contributed by atoms with Crippen LogP contribution in [0.5, 0.6) is 0 Å². The molecule has 0 aliphatic carbocycles. The molecule has 2 aromatic heterocycles. The van der Waals surface area contributed by atoms with E-state index in [1.54, 1.807) is 6.20 Å². The van der Waals surface area contributed by atoms with Gasteiger partial charge in [-0.25, -0.2) is 9.97 Å². The number of hydrogen-bond donors (Lipinski definition) is 2. The Morgan fingerprint density at radius 3 is 2.92 bits per heavy atom. The molecule has 3 aromatic rings. The highest BCUT2D eigenvalue weighted by Crippen LogP contribution is 2.24. The molecule has 4 rings (SSSR count). The van der Waals surface area contributed by atoms with Crippen molar-refractivity contribution in [3.05, 3.63) is 47.2 Å². The summed E-state index contributed by atoms with van der Waals surface area (Å²) in [6, 6.07) is 9.68. The Balaban J connectivity index is 1.67. The van der Waals surface area contributed by atoms with E-state index in [2.05, 4.69) is 26.7 Å². The molecule has 1 aliphatic rings. The van der Waals surface area contributed by atoms with E-state index in [9.17, 15) is 5.26 Å². The number of benzene rings is 1. The van der Waals surface area contributed by atoms with Gasteiger partial charge in [0.25, 0.3) is 0 Å². The average molecular weight is 367 g/mol. The van der Waals surface area contributed by atoms with E-state index in [-0.39, 0.29) is 0 Å². The molecule has 132 valence electrons. The molecule has 0 amide bonds. The highest BCUT2D eigenvalue weighted by molar-refractivity contribution is 6.30. The molecule has 1 saturated heterocycles. The molecule has 3 heterocycles. The summed E-state index contributed by atoms with van der Waals surface area (Å²) in [6.07, 6.45) is 5.90. The third-order valence-electron chi connectivity index (χ3n) is 4.70. The van der Waals surface area contributed by atoms with Gasteiger partial charge in [-0.05, 0) is 44.0 Å². The molecular formula is C19H19ClN6. The van der Waals surface area contributed by atoms with Gasteiger partial charge in [-0.2, -0.15) is 5.26 Å². The summed E-state index contributed by atoms with van der Waals surface area (Å²) in [5.41, 5.74) is 2.80. The van der Waals surface area contributed by atoms with Crippen LogP contribution in [0, 0.1) is 17.2 Å². The summed E-state index contributed by atoms with van der Waals surface area (Å²) in [6.45, 7) is 2.96. The van der Waals surface area contributed by atoms with Crippen molar-refractivity contribution in [2.45, 2.75) is 12.8 Å². The van der Waals surface area contributed by atoms with Crippen molar-refractivity contribution in [2.24, 2.45) is 5.92 Å². The molecule has 7 heteroatoms. The minimum absolute atomic E-state index is 0.454. The summed E-state index contributed by atoms with van der Waals surface area (Å²) in [4.78, 5) is 9.07. The van der Waals surface area contributed by atoms with Gasteiger partial charge in [0.2, 0.25) is 5.95 Å². The number of halogens is 1. The van der Waals surface area contributed by atoms with Crippen LogP contribution >= 0.6 is 11.6 Å². The fourth-order valence-corrected chi connectivity index (χ4v) is 3.41. The third-order valence-corrected chi connectivity index (χ3v) is 4.95. The van der Waals surface area contributed by atoms with Crippen molar-refractivity contribution in [2.75, 3.05) is 25.0 Å². The minimum Gasteiger partial charge on any atom is -0.355 e. The number of nitrogens with one attached hydrogen (secondary N) is 2. The van der Waals surface area contributed by atoms with E-state index in [0.29, 0.717) is 28.1 Å². The van der Waals surface area contributed by atoms with Crippen molar-refractivity contribution in [3.63, 3.8) is 0 Å². The van der Waals surface area contributed by atoms with Crippen LogP contribution in [-0.2, 0) is 0 Å². The largest absolute Gasteiger partial charge is 0.355 e. The van der Waals surface area contributed by atoms with Gasteiger partial charge >= 0.3 is 0 Å². The number of fused-ring (bicyclic) bond motifs is 1. The minimum atomic E-state index is 0.454. The van der Waals surface area contributed by atoms with Crippen molar-refractivity contribution >= 4 is 23.2 Å². The van der Waals surface area contributed by atoms with Crippen molar-refractivity contribution in [1.29, 1.82) is 5.26 Å². The number of nitrogens with zero attached hydrogens (tertiary/aromatic N) is 4. The first-order valence-electron chi connectivity index (χ1n) is 8.73. The molecule has 1 atom stereocenters. The molecule has 6 nitrogen and oxygen atoms in total. The normalized spacial score (nSPS) is 17.2. The van der Waals surface area contributed by atoms with Crippen LogP contribution in [0.3, 0.4) is 0 Å². The standard InChI is InChI=1S/C19H19ClN6/c20-16-5-3-14(4-6-16)17-12-26-18(25-17)15(8-21)11-24-19(26)23-10-13-2-1-7-22-9-13/h3-6,11-13,22H,1-2,7,9-10H2,(H,23,24). The Bertz CT molecular complexity index is 951. The predicted octanol–water partition coefficient (Wildman–Crippen LogP) is 3.33. The quantitative estimate of drug-likeness (QED) is 0.740. The Hall–Kier alpha value is -2.62. The van der Waals surface area contributed by atoms with E-state index >= 15 is 0 Å². The van der Waals surface area contributed by atoms with Crippen LogP contribution in [0.4, 0.5) is 5.95 Å².